The van der Waals surface area contributed by atoms with Crippen molar-refractivity contribution >= 4 is 58.4 Å². The maximum atomic E-state index is 13.4. The van der Waals surface area contributed by atoms with Crippen molar-refractivity contribution in [1.29, 1.82) is 10.5 Å². The van der Waals surface area contributed by atoms with Gasteiger partial charge in [0.05, 0.1) is 23.2 Å². The van der Waals surface area contributed by atoms with Gasteiger partial charge in [-0.3, -0.25) is 4.79 Å². The highest BCUT2D eigenvalue weighted by Crippen LogP contribution is 2.40. The smallest absolute Gasteiger partial charge is 0.408 e. The predicted octanol–water partition coefficient (Wildman–Crippen LogP) is 8.17. The van der Waals surface area contributed by atoms with Gasteiger partial charge in [-0.15, -0.1) is 11.3 Å². The van der Waals surface area contributed by atoms with Gasteiger partial charge in [-0.25, -0.2) is 19.6 Å². The zero-order valence-corrected chi connectivity index (χ0v) is 36.3. The summed E-state index contributed by atoms with van der Waals surface area (Å²) in [5.74, 6) is -1.08. The molecule has 16 heteroatoms. The second kappa shape index (κ2) is 20.2. The summed E-state index contributed by atoms with van der Waals surface area (Å²) in [6.45, 7) is 11.4. The van der Waals surface area contributed by atoms with Gasteiger partial charge in [-0.1, -0.05) is 61.5 Å². The van der Waals surface area contributed by atoms with E-state index in [1.165, 1.54) is 30.0 Å². The number of carbonyl (C=O) groups is 3. The summed E-state index contributed by atoms with van der Waals surface area (Å²) < 4.78 is 16.8. The molecule has 13 nitrogen and oxygen atoms in total. The fraction of sp³-hybridized carbons (Fsp3) is 0.419. The molecule has 1 fully saturated rings. The number of nitrogens with zero attached hydrogens (tertiary/aromatic N) is 5. The van der Waals surface area contributed by atoms with E-state index < -0.39 is 41.4 Å². The molecule has 0 bridgehead atoms. The molecule has 0 spiro atoms. The third-order valence-corrected chi connectivity index (χ3v) is 11.5. The van der Waals surface area contributed by atoms with Crippen molar-refractivity contribution < 1.29 is 28.6 Å². The number of benzene rings is 2. The molecule has 1 unspecified atom stereocenters. The van der Waals surface area contributed by atoms with Crippen LogP contribution in [0.15, 0.2) is 58.9 Å². The Labute approximate surface area is 358 Å². The largest absolute Gasteiger partial charge is 0.490 e. The van der Waals surface area contributed by atoms with Crippen molar-refractivity contribution in [2.24, 2.45) is 17.6 Å². The van der Waals surface area contributed by atoms with Crippen molar-refractivity contribution in [2.45, 2.75) is 82.8 Å². The number of esters is 1. The number of thioether (sulfide) groups is 1. The summed E-state index contributed by atoms with van der Waals surface area (Å²) >= 11 is 9.00. The van der Waals surface area contributed by atoms with E-state index in [0.29, 0.717) is 49.6 Å². The van der Waals surface area contributed by atoms with Gasteiger partial charge in [0.15, 0.2) is 5.78 Å². The Kier molecular flexibility index (Phi) is 15.4. The lowest BCUT2D eigenvalue weighted by Gasteiger charge is -2.30. The van der Waals surface area contributed by atoms with E-state index in [-0.39, 0.29) is 19.1 Å². The first kappa shape index (κ1) is 44.9. The highest BCUT2D eigenvalue weighted by Gasteiger charge is 2.40. The molecule has 3 N–H and O–H groups in total. The number of alkyl carbamates (subject to hydrolysis) is 1. The number of carbonyl (C=O) groups excluding carboxylic acids is 3. The molecule has 2 aromatic carbocycles. The van der Waals surface area contributed by atoms with Crippen LogP contribution in [-0.2, 0) is 24.8 Å². The Morgan fingerprint density at radius 1 is 0.966 bits per heavy atom. The van der Waals surface area contributed by atoms with Gasteiger partial charge in [0.1, 0.15) is 64.2 Å². The van der Waals surface area contributed by atoms with Crippen molar-refractivity contribution in [2.75, 3.05) is 31.2 Å². The number of hydrogen-bond acceptors (Lipinski definition) is 14. The number of nitrogens with two attached hydrogens (primary N) is 1. The molecule has 2 aromatic heterocycles. The Hall–Kier alpha value is -5.19. The lowest BCUT2D eigenvalue weighted by atomic mass is 9.82. The topological polar surface area (TPSA) is 194 Å². The van der Waals surface area contributed by atoms with Crippen LogP contribution in [0.4, 0.5) is 10.6 Å². The predicted molar refractivity (Wildman–Crippen MR) is 229 cm³/mol. The second-order valence-corrected chi connectivity index (χ2v) is 17.6. The zero-order chi connectivity index (χ0) is 42.9. The summed E-state index contributed by atoms with van der Waals surface area (Å²) in [6.07, 6.45) is 1.08. The highest BCUT2D eigenvalue weighted by atomic mass is 35.5. The summed E-state index contributed by atoms with van der Waals surface area (Å²) in [5, 5.41) is 27.6. The first-order valence-corrected chi connectivity index (χ1v) is 21.5. The van der Waals surface area contributed by atoms with Crippen molar-refractivity contribution in [1.82, 2.24) is 15.3 Å². The van der Waals surface area contributed by atoms with Crippen molar-refractivity contribution in [3.05, 3.63) is 75.8 Å². The lowest BCUT2D eigenvalue weighted by molar-refractivity contribution is -0.151. The molecule has 1 aliphatic heterocycles. The Morgan fingerprint density at radius 3 is 2.20 bits per heavy atom. The maximum absolute atomic E-state index is 13.4. The SMILES string of the molecule is CC(C)C(C(=O)[C@@H](C)N)[C@@H](NC(=O)OC(C)(C)C)C(=O)OCCOc1ccc(-c2c(C#N)c(SCc3csc(-c4ccc(Cl)cc4)n3)nc(N3CCCC3)c2C#N)cc1. The number of pyridine rings is 1. The third-order valence-electron chi connectivity index (χ3n) is 9.29. The first-order chi connectivity index (χ1) is 28.1. The zero-order valence-electron chi connectivity index (χ0n) is 33.9. The van der Waals surface area contributed by atoms with Crippen molar-refractivity contribution in [3.63, 3.8) is 0 Å². The molecule has 3 atom stereocenters. The summed E-state index contributed by atoms with van der Waals surface area (Å²) in [7, 11) is 0. The number of ether oxygens (including phenoxy) is 3. The molecule has 1 saturated heterocycles. The molecule has 3 heterocycles. The average molecular weight is 858 g/mol. The Balaban J connectivity index is 1.32. The van der Waals surface area contributed by atoms with E-state index in [4.69, 9.17) is 41.5 Å². The lowest BCUT2D eigenvalue weighted by Crippen LogP contribution is -2.54. The van der Waals surface area contributed by atoms with Crippen LogP contribution in [0.1, 0.15) is 71.2 Å². The van der Waals surface area contributed by atoms with Crippen LogP contribution in [0.2, 0.25) is 5.02 Å². The van der Waals surface area contributed by atoms with E-state index in [1.807, 2.05) is 29.6 Å². The van der Waals surface area contributed by atoms with Crippen LogP contribution >= 0.6 is 34.7 Å². The van der Waals surface area contributed by atoms with Gasteiger partial charge in [0.25, 0.3) is 0 Å². The molecular weight excluding hydrogens is 810 g/mol. The number of anilines is 1. The minimum absolute atomic E-state index is 0.0454. The minimum Gasteiger partial charge on any atom is -0.490 e. The van der Waals surface area contributed by atoms with Gasteiger partial charge >= 0.3 is 12.1 Å². The number of amides is 1. The van der Waals surface area contributed by atoms with E-state index in [9.17, 15) is 24.9 Å². The second-order valence-electron chi connectivity index (χ2n) is 15.3. The molecule has 1 amide bonds. The van der Waals surface area contributed by atoms with Gasteiger partial charge in [-0.05, 0) is 76.3 Å². The molecule has 310 valence electrons. The number of thiazole rings is 1. The maximum Gasteiger partial charge on any atom is 0.408 e. The average Bonchev–Trinajstić information content (AvgIpc) is 3.91. The van der Waals surface area contributed by atoms with E-state index in [0.717, 1.165) is 42.2 Å². The number of ketones is 1. The Bertz CT molecular complexity index is 2200. The van der Waals surface area contributed by atoms with Gasteiger partial charge in [-0.2, -0.15) is 10.5 Å². The Morgan fingerprint density at radius 2 is 1.61 bits per heavy atom. The third kappa shape index (κ3) is 11.7. The number of hydrogen-bond donors (Lipinski definition) is 2. The normalized spacial score (nSPS) is 14.2. The van der Waals surface area contributed by atoms with Crippen LogP contribution in [0.3, 0.4) is 0 Å². The molecule has 4 aromatic rings. The number of aromatic nitrogens is 2. The molecule has 59 heavy (non-hydrogen) atoms. The first-order valence-electron chi connectivity index (χ1n) is 19.2. The van der Waals surface area contributed by atoms with Crippen molar-refractivity contribution in [3.8, 4) is 39.6 Å². The van der Waals surface area contributed by atoms with E-state index >= 15 is 0 Å². The summed E-state index contributed by atoms with van der Waals surface area (Å²) in [4.78, 5) is 51.0. The highest BCUT2D eigenvalue weighted by molar-refractivity contribution is 7.98. The summed E-state index contributed by atoms with van der Waals surface area (Å²) in [5.41, 5.74) is 8.60. The minimum atomic E-state index is -1.34. The molecular formula is C43H48ClN7O6S2. The van der Waals surface area contributed by atoms with Crippen LogP contribution in [-0.4, -0.2) is 71.8 Å². The quantitative estimate of drug-likeness (QED) is 0.0623. The number of nitriles is 2. The van der Waals surface area contributed by atoms with Crippen LogP contribution in [0.25, 0.3) is 21.7 Å². The van der Waals surface area contributed by atoms with E-state index in [2.05, 4.69) is 22.4 Å². The molecule has 0 aliphatic carbocycles. The van der Waals surface area contributed by atoms with Crippen LogP contribution in [0.5, 0.6) is 5.75 Å². The fourth-order valence-electron chi connectivity index (χ4n) is 6.57. The van der Waals surface area contributed by atoms with E-state index in [1.54, 1.807) is 58.9 Å². The monoisotopic (exact) mass is 857 g/mol. The molecule has 5 rings (SSSR count). The number of rotatable bonds is 16. The van der Waals surface area contributed by atoms with Crippen LogP contribution < -0.4 is 20.7 Å². The number of nitrogens with one attached hydrogen (secondary N) is 1. The van der Waals surface area contributed by atoms with Gasteiger partial charge in [0, 0.05) is 40.4 Å². The van der Waals surface area contributed by atoms with Gasteiger partial charge < -0.3 is 30.2 Å². The number of halogens is 1. The molecule has 0 radical (unpaired) electrons. The summed E-state index contributed by atoms with van der Waals surface area (Å²) in [6, 6.07) is 16.9. The number of Topliss-reactive ketones (excluding diaryl/α,β-unsaturated/α-hetero) is 1. The van der Waals surface area contributed by atoms with Crippen LogP contribution in [0, 0.1) is 34.5 Å². The fourth-order valence-corrected chi connectivity index (χ4v) is 8.51. The van der Waals surface area contributed by atoms with Gasteiger partial charge in [0.2, 0.25) is 0 Å². The molecule has 0 saturated carbocycles. The molecule has 1 aliphatic rings. The standard InChI is InChI=1S/C43H48ClN7O6S2/c1-25(2)34(37(52)26(3)47)36(49-42(54)57-43(4,5)6)41(53)56-20-19-55-31-15-11-27(12-16-31)35-32(21-45)38(51-17-7-8-18-51)50-40(33(35)22-46)59-24-30-23-58-39(48-30)28-9-13-29(44)14-10-28/h9-16,23,25-26,34,36H,7-8,17-20,24,47H2,1-6H3,(H,49,54)/t26-,34?,36-/m1/s1.